The van der Waals surface area contributed by atoms with Gasteiger partial charge in [-0.25, -0.2) is 0 Å². The molecule has 1 N–H and O–H groups in total. The first kappa shape index (κ1) is 18.3. The molecule has 0 radical (unpaired) electrons. The molecule has 0 fully saturated rings. The van der Waals surface area contributed by atoms with Crippen LogP contribution in [-0.4, -0.2) is 32.1 Å². The third-order valence-electron chi connectivity index (χ3n) is 3.52. The number of rotatable bonds is 7. The zero-order valence-corrected chi connectivity index (χ0v) is 14.6. The zero-order chi connectivity index (χ0) is 18.2. The lowest BCUT2D eigenvalue weighted by Gasteiger charge is -2.23. The molecule has 132 valence electrons. The van der Waals surface area contributed by atoms with Crippen LogP contribution >= 0.6 is 0 Å². The normalized spacial score (nSPS) is 10.0. The second-order valence-electron chi connectivity index (χ2n) is 5.25. The van der Waals surface area contributed by atoms with Gasteiger partial charge in [0, 0.05) is 6.92 Å². The van der Waals surface area contributed by atoms with E-state index in [1.807, 2.05) is 19.1 Å². The maximum atomic E-state index is 12.4. The van der Waals surface area contributed by atoms with Gasteiger partial charge in [-0.05, 0) is 31.2 Å². The van der Waals surface area contributed by atoms with E-state index in [4.69, 9.17) is 9.47 Å². The van der Waals surface area contributed by atoms with E-state index in [1.165, 1.54) is 18.9 Å². The quantitative estimate of drug-likeness (QED) is 0.840. The Bertz CT molecular complexity index is 746. The monoisotopic (exact) mass is 342 g/mol. The Kier molecular flexibility index (Phi) is 6.39. The standard InChI is InChI=1S/C19H22N2O4/c1-4-25-18-12-8-6-10-16(18)21(14(2)22)13-19(23)20-15-9-5-7-11-17(15)24-3/h5-12H,4,13H2,1-3H3,(H,20,23). The summed E-state index contributed by atoms with van der Waals surface area (Å²) in [7, 11) is 1.53. The van der Waals surface area contributed by atoms with Crippen molar-refractivity contribution >= 4 is 23.2 Å². The minimum absolute atomic E-state index is 0.128. The zero-order valence-electron chi connectivity index (χ0n) is 14.6. The molecule has 2 aromatic carbocycles. The van der Waals surface area contributed by atoms with Crippen LogP contribution in [0.2, 0.25) is 0 Å². The van der Waals surface area contributed by atoms with E-state index in [2.05, 4.69) is 5.32 Å². The number of hydrogen-bond donors (Lipinski definition) is 1. The Morgan fingerprint density at radius 1 is 1.04 bits per heavy atom. The molecule has 6 nitrogen and oxygen atoms in total. The van der Waals surface area contributed by atoms with Crippen LogP contribution in [0.4, 0.5) is 11.4 Å². The highest BCUT2D eigenvalue weighted by molar-refractivity contribution is 6.03. The average molecular weight is 342 g/mol. The van der Waals surface area contributed by atoms with Crippen molar-refractivity contribution in [3.05, 3.63) is 48.5 Å². The Labute approximate surface area is 147 Å². The molecule has 0 saturated carbocycles. The molecule has 0 heterocycles. The van der Waals surface area contributed by atoms with Crippen LogP contribution in [0.1, 0.15) is 13.8 Å². The lowest BCUT2D eigenvalue weighted by Crippen LogP contribution is -2.37. The first-order chi connectivity index (χ1) is 12.1. The summed E-state index contributed by atoms with van der Waals surface area (Å²) in [5.74, 6) is 0.540. The van der Waals surface area contributed by atoms with Gasteiger partial charge < -0.3 is 14.8 Å². The maximum absolute atomic E-state index is 12.4. The van der Waals surface area contributed by atoms with Crippen molar-refractivity contribution in [1.29, 1.82) is 0 Å². The fourth-order valence-corrected chi connectivity index (χ4v) is 2.41. The topological polar surface area (TPSA) is 67.9 Å². The summed E-state index contributed by atoms with van der Waals surface area (Å²) in [6.07, 6.45) is 0. The van der Waals surface area contributed by atoms with Crippen LogP contribution in [-0.2, 0) is 9.59 Å². The van der Waals surface area contributed by atoms with Crippen molar-refractivity contribution in [2.24, 2.45) is 0 Å². The van der Waals surface area contributed by atoms with Crippen LogP contribution in [0.25, 0.3) is 0 Å². The third kappa shape index (κ3) is 4.73. The van der Waals surface area contributed by atoms with Crippen molar-refractivity contribution in [2.75, 3.05) is 30.5 Å². The largest absolute Gasteiger partial charge is 0.495 e. The Hall–Kier alpha value is -3.02. The van der Waals surface area contributed by atoms with E-state index in [9.17, 15) is 9.59 Å². The number of methoxy groups -OCH3 is 1. The van der Waals surface area contributed by atoms with Crippen molar-refractivity contribution in [2.45, 2.75) is 13.8 Å². The van der Waals surface area contributed by atoms with Gasteiger partial charge >= 0.3 is 0 Å². The first-order valence-corrected chi connectivity index (χ1v) is 7.99. The number of ether oxygens (including phenoxy) is 2. The average Bonchev–Trinajstić information content (AvgIpc) is 2.61. The molecule has 0 atom stereocenters. The summed E-state index contributed by atoms with van der Waals surface area (Å²) in [6, 6.07) is 14.2. The van der Waals surface area contributed by atoms with E-state index >= 15 is 0 Å². The minimum atomic E-state index is -0.328. The molecule has 0 saturated heterocycles. The molecule has 6 heteroatoms. The second-order valence-corrected chi connectivity index (χ2v) is 5.25. The van der Waals surface area contributed by atoms with Crippen LogP contribution < -0.4 is 19.7 Å². The minimum Gasteiger partial charge on any atom is -0.495 e. The molecule has 0 unspecified atom stereocenters. The fraction of sp³-hybridized carbons (Fsp3) is 0.263. The number of nitrogens with zero attached hydrogens (tertiary/aromatic N) is 1. The lowest BCUT2D eigenvalue weighted by atomic mass is 10.2. The summed E-state index contributed by atoms with van der Waals surface area (Å²) in [4.78, 5) is 25.9. The summed E-state index contributed by atoms with van der Waals surface area (Å²) in [5.41, 5.74) is 1.11. The number of carbonyl (C=O) groups is 2. The van der Waals surface area contributed by atoms with E-state index in [0.717, 1.165) is 0 Å². The molecule has 0 aliphatic rings. The number of anilines is 2. The number of hydrogen-bond acceptors (Lipinski definition) is 4. The van der Waals surface area contributed by atoms with E-state index in [-0.39, 0.29) is 18.4 Å². The van der Waals surface area contributed by atoms with E-state index in [0.29, 0.717) is 29.5 Å². The molecular formula is C19H22N2O4. The molecular weight excluding hydrogens is 320 g/mol. The number of carbonyl (C=O) groups excluding carboxylic acids is 2. The Morgan fingerprint density at radius 3 is 2.32 bits per heavy atom. The molecule has 2 aromatic rings. The van der Waals surface area contributed by atoms with Crippen LogP contribution in [0.5, 0.6) is 11.5 Å². The third-order valence-corrected chi connectivity index (χ3v) is 3.52. The molecule has 2 rings (SSSR count). The number of amides is 2. The van der Waals surface area contributed by atoms with Crippen molar-refractivity contribution < 1.29 is 19.1 Å². The summed E-state index contributed by atoms with van der Waals surface area (Å²) in [6.45, 7) is 3.62. The van der Waals surface area contributed by atoms with Crippen molar-refractivity contribution in [3.8, 4) is 11.5 Å². The van der Waals surface area contributed by atoms with Crippen LogP contribution in [0.3, 0.4) is 0 Å². The molecule has 0 aliphatic heterocycles. The van der Waals surface area contributed by atoms with Crippen LogP contribution in [0, 0.1) is 0 Å². The highest BCUT2D eigenvalue weighted by Crippen LogP contribution is 2.28. The van der Waals surface area contributed by atoms with Gasteiger partial charge in [0.2, 0.25) is 11.8 Å². The lowest BCUT2D eigenvalue weighted by molar-refractivity contribution is -0.120. The number of para-hydroxylation sites is 4. The van der Waals surface area contributed by atoms with Gasteiger partial charge in [-0.15, -0.1) is 0 Å². The maximum Gasteiger partial charge on any atom is 0.244 e. The highest BCUT2D eigenvalue weighted by atomic mass is 16.5. The summed E-state index contributed by atoms with van der Waals surface area (Å²) in [5, 5.41) is 2.77. The SMILES string of the molecule is CCOc1ccccc1N(CC(=O)Nc1ccccc1OC)C(C)=O. The first-order valence-electron chi connectivity index (χ1n) is 7.99. The summed E-state index contributed by atoms with van der Waals surface area (Å²) < 4.78 is 10.8. The Morgan fingerprint density at radius 2 is 1.68 bits per heavy atom. The van der Waals surface area contributed by atoms with Gasteiger partial charge in [-0.1, -0.05) is 24.3 Å². The summed E-state index contributed by atoms with van der Waals surface area (Å²) >= 11 is 0. The molecule has 2 amide bonds. The van der Waals surface area contributed by atoms with Gasteiger partial charge in [-0.3, -0.25) is 14.5 Å². The van der Waals surface area contributed by atoms with Crippen molar-refractivity contribution in [1.82, 2.24) is 0 Å². The van der Waals surface area contributed by atoms with Gasteiger partial charge in [0.1, 0.15) is 18.0 Å². The second kappa shape index (κ2) is 8.73. The van der Waals surface area contributed by atoms with Gasteiger partial charge in [0.25, 0.3) is 0 Å². The smallest absolute Gasteiger partial charge is 0.244 e. The predicted octanol–water partition coefficient (Wildman–Crippen LogP) is 3.09. The van der Waals surface area contributed by atoms with Crippen molar-refractivity contribution in [3.63, 3.8) is 0 Å². The molecule has 0 bridgehead atoms. The van der Waals surface area contributed by atoms with Crippen LogP contribution in [0.15, 0.2) is 48.5 Å². The highest BCUT2D eigenvalue weighted by Gasteiger charge is 2.20. The molecule has 25 heavy (non-hydrogen) atoms. The predicted molar refractivity (Wildman–Crippen MR) is 97.3 cm³/mol. The van der Waals surface area contributed by atoms with Gasteiger partial charge in [-0.2, -0.15) is 0 Å². The van der Waals surface area contributed by atoms with E-state index < -0.39 is 0 Å². The molecule has 0 aromatic heterocycles. The Balaban J connectivity index is 2.19. The van der Waals surface area contributed by atoms with Gasteiger partial charge in [0.05, 0.1) is 25.1 Å². The molecule has 0 spiro atoms. The number of nitrogens with one attached hydrogen (secondary N) is 1. The number of benzene rings is 2. The van der Waals surface area contributed by atoms with E-state index in [1.54, 1.807) is 36.4 Å². The van der Waals surface area contributed by atoms with Gasteiger partial charge in [0.15, 0.2) is 0 Å². The molecule has 0 aliphatic carbocycles. The fourth-order valence-electron chi connectivity index (χ4n) is 2.41.